The van der Waals surface area contributed by atoms with Gasteiger partial charge < -0.3 is 4.90 Å². The summed E-state index contributed by atoms with van der Waals surface area (Å²) in [6.07, 6.45) is 0. The number of fused-ring (bicyclic) bond motifs is 10. The predicted octanol–water partition coefficient (Wildman–Crippen LogP) is 13.3. The largest absolute Gasteiger partial charge is 0.310 e. The third-order valence-electron chi connectivity index (χ3n) is 11.2. The third-order valence-corrected chi connectivity index (χ3v) is 12.4. The lowest BCUT2D eigenvalue weighted by Gasteiger charge is -2.30. The van der Waals surface area contributed by atoms with Crippen LogP contribution in [0.5, 0.6) is 0 Å². The van der Waals surface area contributed by atoms with E-state index in [9.17, 15) is 0 Å². The van der Waals surface area contributed by atoms with E-state index in [1.165, 1.54) is 92.5 Å². The van der Waals surface area contributed by atoms with Gasteiger partial charge in [-0.3, -0.25) is 0 Å². The molecule has 0 N–H and O–H groups in total. The first kappa shape index (κ1) is 27.9. The molecule has 2 heteroatoms. The van der Waals surface area contributed by atoms with Crippen molar-refractivity contribution >= 4 is 59.3 Å². The molecule has 0 atom stereocenters. The molecule has 7 aromatic carbocycles. The van der Waals surface area contributed by atoms with Crippen molar-refractivity contribution in [3.05, 3.63) is 162 Å². The van der Waals surface area contributed by atoms with Crippen molar-refractivity contribution in [2.45, 2.75) is 38.5 Å². The Morgan fingerprint density at radius 3 is 1.56 bits per heavy atom. The summed E-state index contributed by atoms with van der Waals surface area (Å²) in [6, 6.07) is 52.6. The fraction of sp³-hybridized carbons (Fsp3) is 0.130. The maximum absolute atomic E-state index is 2.48. The van der Waals surface area contributed by atoms with E-state index >= 15 is 0 Å². The normalized spacial score (nSPS) is 15.0. The van der Waals surface area contributed by atoms with Crippen molar-refractivity contribution < 1.29 is 0 Å². The first-order valence-corrected chi connectivity index (χ1v) is 17.7. The van der Waals surface area contributed by atoms with Crippen LogP contribution >= 0.6 is 11.3 Å². The Morgan fingerprint density at radius 1 is 0.396 bits per heavy atom. The Morgan fingerprint density at radius 2 is 0.917 bits per heavy atom. The van der Waals surface area contributed by atoms with Crippen molar-refractivity contribution in [1.29, 1.82) is 0 Å². The standard InChI is InChI=1S/C46H35NS/c1-45(2)39-14-8-5-11-33(39)35-21-19-31(26-41(35)45)47(32-20-22-36-34-12-6-9-15-40(34)46(3,4)42(36)27-32)30-18-17-28-24-38-37-13-7-10-16-43(37)48-44(38)25-29(28)23-30/h5-27H,1-4H3. The Hall–Kier alpha value is -5.18. The lowest BCUT2D eigenvalue weighted by molar-refractivity contribution is 0.660. The highest BCUT2D eigenvalue weighted by molar-refractivity contribution is 7.25. The molecule has 0 saturated heterocycles. The van der Waals surface area contributed by atoms with Gasteiger partial charge in [0.25, 0.3) is 0 Å². The molecule has 8 aromatic rings. The molecule has 1 heterocycles. The highest BCUT2D eigenvalue weighted by atomic mass is 32.1. The second kappa shape index (κ2) is 9.69. The van der Waals surface area contributed by atoms with Gasteiger partial charge in [0.1, 0.15) is 0 Å². The van der Waals surface area contributed by atoms with Crippen LogP contribution in [-0.2, 0) is 10.8 Å². The summed E-state index contributed by atoms with van der Waals surface area (Å²) in [5, 5.41) is 5.22. The van der Waals surface area contributed by atoms with Crippen LogP contribution in [0.1, 0.15) is 49.9 Å². The smallest absolute Gasteiger partial charge is 0.0468 e. The molecule has 2 aliphatic carbocycles. The van der Waals surface area contributed by atoms with Gasteiger partial charge in [0.05, 0.1) is 0 Å². The molecule has 0 radical (unpaired) electrons. The van der Waals surface area contributed by atoms with E-state index in [1.54, 1.807) is 0 Å². The molecule has 1 nitrogen and oxygen atoms in total. The Bertz CT molecular complexity index is 2530. The van der Waals surface area contributed by atoms with Gasteiger partial charge in [0.2, 0.25) is 0 Å². The summed E-state index contributed by atoms with van der Waals surface area (Å²) in [6.45, 7) is 9.47. The number of hydrogen-bond donors (Lipinski definition) is 0. The van der Waals surface area contributed by atoms with Gasteiger partial charge in [-0.25, -0.2) is 0 Å². The topological polar surface area (TPSA) is 3.24 Å². The van der Waals surface area contributed by atoms with Crippen LogP contribution in [0.2, 0.25) is 0 Å². The molecule has 1 aromatic heterocycles. The zero-order chi connectivity index (χ0) is 32.4. The fourth-order valence-corrected chi connectivity index (χ4v) is 9.84. The molecule has 0 saturated carbocycles. The summed E-state index contributed by atoms with van der Waals surface area (Å²) >= 11 is 1.88. The average molecular weight is 634 g/mol. The minimum absolute atomic E-state index is 0.0780. The molecule has 0 amide bonds. The van der Waals surface area contributed by atoms with Crippen LogP contribution < -0.4 is 4.90 Å². The SMILES string of the molecule is CC1(C)c2ccccc2-c2ccc(N(c3ccc4c(c3)C(C)(C)c3ccccc3-4)c3ccc4cc5c(cc4c3)sc3ccccc35)cc21. The van der Waals surface area contributed by atoms with Crippen LogP contribution in [0.25, 0.3) is 53.2 Å². The number of thiophene rings is 1. The van der Waals surface area contributed by atoms with E-state index in [1.807, 2.05) is 11.3 Å². The van der Waals surface area contributed by atoms with Crippen molar-refractivity contribution in [3.63, 3.8) is 0 Å². The number of rotatable bonds is 3. The van der Waals surface area contributed by atoms with Crippen molar-refractivity contribution in [1.82, 2.24) is 0 Å². The Balaban J connectivity index is 1.19. The van der Waals surface area contributed by atoms with Crippen LogP contribution in [0.15, 0.2) is 140 Å². The van der Waals surface area contributed by atoms with Gasteiger partial charge in [-0.1, -0.05) is 113 Å². The molecule has 48 heavy (non-hydrogen) atoms. The molecule has 0 unspecified atom stereocenters. The summed E-state index contributed by atoms with van der Waals surface area (Å²) in [4.78, 5) is 2.48. The highest BCUT2D eigenvalue weighted by Gasteiger charge is 2.37. The van der Waals surface area contributed by atoms with Gasteiger partial charge in [-0.2, -0.15) is 0 Å². The fourth-order valence-electron chi connectivity index (χ4n) is 8.70. The summed E-state index contributed by atoms with van der Waals surface area (Å²) in [5.41, 5.74) is 14.3. The van der Waals surface area contributed by atoms with E-state index in [0.717, 1.165) is 0 Å². The van der Waals surface area contributed by atoms with Crippen molar-refractivity contribution in [3.8, 4) is 22.3 Å². The zero-order valence-corrected chi connectivity index (χ0v) is 28.5. The Labute approximate surface area is 285 Å². The van der Waals surface area contributed by atoms with E-state index in [-0.39, 0.29) is 10.8 Å². The third kappa shape index (κ3) is 3.78. The molecule has 10 rings (SSSR count). The molecule has 0 bridgehead atoms. The van der Waals surface area contributed by atoms with Crippen LogP contribution in [0.4, 0.5) is 17.1 Å². The number of hydrogen-bond acceptors (Lipinski definition) is 2. The lowest BCUT2D eigenvalue weighted by atomic mass is 9.82. The molecule has 0 aliphatic heterocycles. The van der Waals surface area contributed by atoms with Crippen molar-refractivity contribution in [2.24, 2.45) is 0 Å². The van der Waals surface area contributed by atoms with E-state index in [2.05, 4.69) is 172 Å². The van der Waals surface area contributed by atoms with Crippen LogP contribution in [0, 0.1) is 0 Å². The Kier molecular flexibility index (Phi) is 5.63. The van der Waals surface area contributed by atoms with Crippen molar-refractivity contribution in [2.75, 3.05) is 4.90 Å². The van der Waals surface area contributed by atoms with E-state index in [0.29, 0.717) is 0 Å². The van der Waals surface area contributed by atoms with Gasteiger partial charge in [0.15, 0.2) is 0 Å². The maximum atomic E-state index is 2.48. The average Bonchev–Trinajstić information content (AvgIpc) is 3.66. The van der Waals surface area contributed by atoms with Gasteiger partial charge >= 0.3 is 0 Å². The minimum atomic E-state index is -0.0780. The molecule has 0 spiro atoms. The second-order valence-electron chi connectivity index (χ2n) is 14.6. The molecule has 230 valence electrons. The van der Waals surface area contributed by atoms with Gasteiger partial charge in [0, 0.05) is 48.1 Å². The molecular formula is C46H35NS. The quantitative estimate of drug-likeness (QED) is 0.187. The summed E-state index contributed by atoms with van der Waals surface area (Å²) in [5.74, 6) is 0. The molecule has 0 fully saturated rings. The second-order valence-corrected chi connectivity index (χ2v) is 15.7. The molecular weight excluding hydrogens is 599 g/mol. The number of nitrogens with zero attached hydrogens (tertiary/aromatic N) is 1. The first-order valence-electron chi connectivity index (χ1n) is 16.9. The number of anilines is 3. The number of benzene rings is 7. The van der Waals surface area contributed by atoms with Gasteiger partial charge in [-0.05, 0) is 110 Å². The summed E-state index contributed by atoms with van der Waals surface area (Å²) < 4.78 is 2.68. The zero-order valence-electron chi connectivity index (χ0n) is 27.6. The van der Waals surface area contributed by atoms with E-state index in [4.69, 9.17) is 0 Å². The lowest BCUT2D eigenvalue weighted by Crippen LogP contribution is -2.18. The van der Waals surface area contributed by atoms with Crippen LogP contribution in [-0.4, -0.2) is 0 Å². The molecule has 2 aliphatic rings. The first-order chi connectivity index (χ1) is 23.3. The predicted molar refractivity (Wildman–Crippen MR) is 207 cm³/mol. The minimum Gasteiger partial charge on any atom is -0.310 e. The van der Waals surface area contributed by atoms with E-state index < -0.39 is 0 Å². The maximum Gasteiger partial charge on any atom is 0.0468 e. The van der Waals surface area contributed by atoms with Gasteiger partial charge in [-0.15, -0.1) is 11.3 Å². The summed E-state index contributed by atoms with van der Waals surface area (Å²) in [7, 11) is 0. The highest BCUT2D eigenvalue weighted by Crippen LogP contribution is 2.53. The van der Waals surface area contributed by atoms with Crippen LogP contribution in [0.3, 0.4) is 0 Å². The monoisotopic (exact) mass is 633 g/mol.